The molecule has 0 radical (unpaired) electrons. The lowest BCUT2D eigenvalue weighted by atomic mass is 10.1. The third-order valence-corrected chi connectivity index (χ3v) is 3.35. The number of hydrogen-bond donors (Lipinski definition) is 1. The first-order valence-electron chi connectivity index (χ1n) is 6.86. The maximum absolute atomic E-state index is 5.75. The van der Waals surface area contributed by atoms with Gasteiger partial charge in [-0.1, -0.05) is 0 Å². The number of pyridine rings is 1. The second-order valence-electron chi connectivity index (χ2n) is 5.32. The van der Waals surface area contributed by atoms with Crippen molar-refractivity contribution in [3.63, 3.8) is 0 Å². The molecular weight excluding hydrogens is 254 g/mol. The van der Waals surface area contributed by atoms with Gasteiger partial charge >= 0.3 is 6.01 Å². The topological polar surface area (TPSA) is 64.9 Å². The van der Waals surface area contributed by atoms with E-state index in [2.05, 4.69) is 33.4 Å². The van der Waals surface area contributed by atoms with E-state index in [1.807, 2.05) is 14.0 Å². The SMILES string of the molecule is Cc1cc(C)c(CNC2CC2)c(Oc2ncn(C)n2)n1. The first-order valence-corrected chi connectivity index (χ1v) is 6.86. The number of aromatic nitrogens is 4. The highest BCUT2D eigenvalue weighted by atomic mass is 16.5. The molecule has 2 aromatic rings. The molecule has 1 aliphatic rings. The van der Waals surface area contributed by atoms with Gasteiger partial charge in [0.1, 0.15) is 6.33 Å². The second kappa shape index (κ2) is 5.20. The summed E-state index contributed by atoms with van der Waals surface area (Å²) >= 11 is 0. The number of aryl methyl sites for hydroxylation is 3. The number of rotatable bonds is 5. The Kier molecular flexibility index (Phi) is 3.40. The van der Waals surface area contributed by atoms with Gasteiger partial charge in [0.25, 0.3) is 0 Å². The van der Waals surface area contributed by atoms with Crippen molar-refractivity contribution in [2.45, 2.75) is 39.3 Å². The van der Waals surface area contributed by atoms with Crippen molar-refractivity contribution in [2.24, 2.45) is 7.05 Å². The molecule has 0 amide bonds. The van der Waals surface area contributed by atoms with Gasteiger partial charge in [-0.3, -0.25) is 4.68 Å². The molecule has 0 atom stereocenters. The van der Waals surface area contributed by atoms with Crippen LogP contribution in [0, 0.1) is 13.8 Å². The van der Waals surface area contributed by atoms with E-state index in [9.17, 15) is 0 Å². The molecular formula is C14H19N5O. The smallest absolute Gasteiger partial charge is 0.342 e. The normalized spacial score (nSPS) is 14.6. The molecule has 0 spiro atoms. The van der Waals surface area contributed by atoms with Gasteiger partial charge in [0, 0.05) is 30.9 Å². The highest BCUT2D eigenvalue weighted by molar-refractivity contribution is 5.37. The summed E-state index contributed by atoms with van der Waals surface area (Å²) in [4.78, 5) is 8.57. The fourth-order valence-electron chi connectivity index (χ4n) is 2.12. The maximum atomic E-state index is 5.75. The van der Waals surface area contributed by atoms with Crippen molar-refractivity contribution in [1.29, 1.82) is 0 Å². The minimum Gasteiger partial charge on any atom is -0.404 e. The molecule has 3 rings (SSSR count). The minimum absolute atomic E-state index is 0.331. The Morgan fingerprint density at radius 3 is 2.85 bits per heavy atom. The van der Waals surface area contributed by atoms with Gasteiger partial charge in [0.05, 0.1) is 0 Å². The number of ether oxygens (including phenoxy) is 1. The Hall–Kier alpha value is -1.95. The third-order valence-electron chi connectivity index (χ3n) is 3.35. The van der Waals surface area contributed by atoms with E-state index in [0.29, 0.717) is 17.9 Å². The Balaban J connectivity index is 1.85. The molecule has 0 aromatic carbocycles. The summed E-state index contributed by atoms with van der Waals surface area (Å²) in [5.41, 5.74) is 3.19. The molecule has 2 aromatic heterocycles. The maximum Gasteiger partial charge on any atom is 0.342 e. The van der Waals surface area contributed by atoms with Crippen LogP contribution in [-0.4, -0.2) is 25.8 Å². The van der Waals surface area contributed by atoms with Crippen molar-refractivity contribution in [2.75, 3.05) is 0 Å². The van der Waals surface area contributed by atoms with Crippen molar-refractivity contribution in [3.05, 3.63) is 29.2 Å². The largest absolute Gasteiger partial charge is 0.404 e. The summed E-state index contributed by atoms with van der Waals surface area (Å²) in [5.74, 6) is 0.599. The molecule has 6 nitrogen and oxygen atoms in total. The lowest BCUT2D eigenvalue weighted by Crippen LogP contribution is -2.17. The van der Waals surface area contributed by atoms with Crippen molar-refractivity contribution >= 4 is 0 Å². The summed E-state index contributed by atoms with van der Waals surface area (Å²) in [6.07, 6.45) is 4.13. The molecule has 0 unspecified atom stereocenters. The average molecular weight is 273 g/mol. The van der Waals surface area contributed by atoms with Crippen LogP contribution in [0.15, 0.2) is 12.4 Å². The van der Waals surface area contributed by atoms with E-state index in [1.54, 1.807) is 11.0 Å². The van der Waals surface area contributed by atoms with E-state index in [0.717, 1.165) is 17.8 Å². The summed E-state index contributed by atoms with van der Waals surface area (Å²) in [6, 6.07) is 3.05. The Labute approximate surface area is 118 Å². The van der Waals surface area contributed by atoms with E-state index in [1.165, 1.54) is 18.4 Å². The minimum atomic E-state index is 0.331. The molecule has 20 heavy (non-hydrogen) atoms. The molecule has 1 N–H and O–H groups in total. The van der Waals surface area contributed by atoms with Crippen LogP contribution in [0.2, 0.25) is 0 Å². The molecule has 1 fully saturated rings. The van der Waals surface area contributed by atoms with Gasteiger partial charge in [-0.05, 0) is 38.3 Å². The van der Waals surface area contributed by atoms with Crippen LogP contribution in [0.25, 0.3) is 0 Å². The van der Waals surface area contributed by atoms with Crippen LogP contribution in [0.3, 0.4) is 0 Å². The molecule has 1 aliphatic carbocycles. The van der Waals surface area contributed by atoms with Crippen molar-refractivity contribution in [1.82, 2.24) is 25.1 Å². The molecule has 0 saturated heterocycles. The molecule has 6 heteroatoms. The van der Waals surface area contributed by atoms with Gasteiger partial charge < -0.3 is 10.1 Å². The van der Waals surface area contributed by atoms with Crippen molar-refractivity contribution in [3.8, 4) is 11.9 Å². The average Bonchev–Trinajstić information content (AvgIpc) is 3.11. The van der Waals surface area contributed by atoms with Crippen LogP contribution in [-0.2, 0) is 13.6 Å². The van der Waals surface area contributed by atoms with Gasteiger partial charge in [-0.15, -0.1) is 5.10 Å². The van der Waals surface area contributed by atoms with Crippen LogP contribution < -0.4 is 10.1 Å². The van der Waals surface area contributed by atoms with Gasteiger partial charge in [-0.2, -0.15) is 4.98 Å². The highest BCUT2D eigenvalue weighted by Crippen LogP contribution is 2.26. The molecule has 106 valence electrons. The molecule has 1 saturated carbocycles. The first-order chi connectivity index (χ1) is 9.61. The van der Waals surface area contributed by atoms with Gasteiger partial charge in [0.15, 0.2) is 0 Å². The lowest BCUT2D eigenvalue weighted by molar-refractivity contribution is 0.413. The summed E-state index contributed by atoms with van der Waals surface area (Å²) in [6.45, 7) is 4.81. The van der Waals surface area contributed by atoms with E-state index >= 15 is 0 Å². The number of nitrogens with one attached hydrogen (secondary N) is 1. The third kappa shape index (κ3) is 2.96. The predicted octanol–water partition coefficient (Wildman–Crippen LogP) is 1.87. The predicted molar refractivity (Wildman–Crippen MR) is 74.6 cm³/mol. The van der Waals surface area contributed by atoms with Crippen LogP contribution in [0.4, 0.5) is 0 Å². The fourth-order valence-corrected chi connectivity index (χ4v) is 2.12. The summed E-state index contributed by atoms with van der Waals surface area (Å²) in [7, 11) is 1.81. The van der Waals surface area contributed by atoms with Crippen molar-refractivity contribution < 1.29 is 4.74 Å². The van der Waals surface area contributed by atoms with E-state index in [-0.39, 0.29) is 0 Å². The van der Waals surface area contributed by atoms with Crippen LogP contribution in [0.5, 0.6) is 11.9 Å². The van der Waals surface area contributed by atoms with E-state index in [4.69, 9.17) is 4.74 Å². The monoisotopic (exact) mass is 273 g/mol. The van der Waals surface area contributed by atoms with E-state index < -0.39 is 0 Å². The Morgan fingerprint density at radius 1 is 1.40 bits per heavy atom. The summed E-state index contributed by atoms with van der Waals surface area (Å²) in [5, 5.41) is 7.64. The van der Waals surface area contributed by atoms with Gasteiger partial charge in [-0.25, -0.2) is 4.98 Å². The first kappa shape index (κ1) is 13.1. The molecule has 2 heterocycles. The zero-order valence-electron chi connectivity index (χ0n) is 12.1. The zero-order chi connectivity index (χ0) is 14.1. The summed E-state index contributed by atoms with van der Waals surface area (Å²) < 4.78 is 7.36. The molecule has 0 aliphatic heterocycles. The Bertz CT molecular complexity index is 618. The highest BCUT2D eigenvalue weighted by Gasteiger charge is 2.22. The van der Waals surface area contributed by atoms with Crippen LogP contribution in [0.1, 0.15) is 29.7 Å². The molecule has 0 bridgehead atoms. The van der Waals surface area contributed by atoms with Gasteiger partial charge in [0.2, 0.25) is 5.88 Å². The second-order valence-corrected chi connectivity index (χ2v) is 5.32. The number of nitrogens with zero attached hydrogens (tertiary/aromatic N) is 4. The quantitative estimate of drug-likeness (QED) is 0.901. The number of hydrogen-bond acceptors (Lipinski definition) is 5. The lowest BCUT2D eigenvalue weighted by Gasteiger charge is -2.12. The fraction of sp³-hybridized carbons (Fsp3) is 0.500. The standard InChI is InChI=1S/C14H19N5O/c1-9-6-10(2)17-13(12(9)7-15-11-4-5-11)20-14-16-8-19(3)18-14/h6,8,11,15H,4-5,7H2,1-3H3. The van der Waals surface area contributed by atoms with Crippen LogP contribution >= 0.6 is 0 Å². The zero-order valence-corrected chi connectivity index (χ0v) is 12.1. The Morgan fingerprint density at radius 2 is 2.20 bits per heavy atom.